The maximum atomic E-state index is 13.4. The third-order valence-corrected chi connectivity index (χ3v) is 7.38. The summed E-state index contributed by atoms with van der Waals surface area (Å²) in [7, 11) is 0. The van der Waals surface area contributed by atoms with Crippen LogP contribution in [0.4, 0.5) is 0 Å². The number of carbonyl (C=O) groups excluding carboxylic acids is 2. The molecule has 192 valence electrons. The molecule has 4 rings (SSSR count). The summed E-state index contributed by atoms with van der Waals surface area (Å²) in [5.74, 6) is 5.89. The molecule has 1 heterocycles. The van der Waals surface area contributed by atoms with E-state index in [0.29, 0.717) is 19.4 Å². The fraction of sp³-hybridized carbons (Fsp3) is 0.387. The molecule has 1 aliphatic rings. The monoisotopic (exact) mass is 496 g/mol. The van der Waals surface area contributed by atoms with E-state index in [1.807, 2.05) is 60.7 Å². The molecule has 6 heteroatoms. The first kappa shape index (κ1) is 26.4. The largest absolute Gasteiger partial charge is 0.345 e. The number of ketones is 1. The Labute approximate surface area is 219 Å². The first-order valence-corrected chi connectivity index (χ1v) is 13.3. The molecule has 0 bridgehead atoms. The summed E-state index contributed by atoms with van der Waals surface area (Å²) in [4.78, 5) is 33.3. The van der Waals surface area contributed by atoms with Crippen LogP contribution in [-0.4, -0.2) is 34.2 Å². The summed E-state index contributed by atoms with van der Waals surface area (Å²) in [6.07, 6.45) is 9.34. The highest BCUT2D eigenvalue weighted by atomic mass is 16.2. The number of amides is 1. The van der Waals surface area contributed by atoms with E-state index in [2.05, 4.69) is 27.1 Å². The van der Waals surface area contributed by atoms with Crippen molar-refractivity contribution in [2.24, 2.45) is 17.6 Å². The van der Waals surface area contributed by atoms with Crippen LogP contribution in [0.1, 0.15) is 67.7 Å². The number of rotatable bonds is 9. The van der Waals surface area contributed by atoms with Gasteiger partial charge < -0.3 is 16.0 Å². The van der Waals surface area contributed by atoms with Crippen molar-refractivity contribution < 1.29 is 9.59 Å². The third-order valence-electron chi connectivity index (χ3n) is 7.38. The van der Waals surface area contributed by atoms with Crippen molar-refractivity contribution in [2.45, 2.75) is 56.9 Å². The molecule has 1 aromatic heterocycles. The van der Waals surface area contributed by atoms with Gasteiger partial charge in [-0.1, -0.05) is 85.8 Å². The molecule has 3 atom stereocenters. The fourth-order valence-corrected chi connectivity index (χ4v) is 5.41. The van der Waals surface area contributed by atoms with Gasteiger partial charge in [0.1, 0.15) is 5.69 Å². The average molecular weight is 497 g/mol. The summed E-state index contributed by atoms with van der Waals surface area (Å²) < 4.78 is 0. The molecular weight excluding hydrogens is 460 g/mol. The van der Waals surface area contributed by atoms with Gasteiger partial charge in [0.15, 0.2) is 5.78 Å². The summed E-state index contributed by atoms with van der Waals surface area (Å²) in [6.45, 7) is 0.292. The van der Waals surface area contributed by atoms with Gasteiger partial charge in [-0.2, -0.15) is 0 Å². The summed E-state index contributed by atoms with van der Waals surface area (Å²) in [6, 6.07) is 19.4. The van der Waals surface area contributed by atoms with Gasteiger partial charge in [-0.25, -0.2) is 4.98 Å². The van der Waals surface area contributed by atoms with Crippen LogP contribution in [-0.2, 0) is 9.59 Å². The fourth-order valence-electron chi connectivity index (χ4n) is 5.41. The lowest BCUT2D eigenvalue weighted by Crippen LogP contribution is -2.38. The van der Waals surface area contributed by atoms with Gasteiger partial charge >= 0.3 is 0 Å². The normalized spacial score (nSPS) is 18.3. The van der Waals surface area contributed by atoms with Crippen molar-refractivity contribution in [3.63, 3.8) is 0 Å². The van der Waals surface area contributed by atoms with Crippen LogP contribution in [0, 0.1) is 23.7 Å². The molecule has 0 spiro atoms. The maximum absolute atomic E-state index is 13.4. The molecule has 4 N–H and O–H groups in total. The summed E-state index contributed by atoms with van der Waals surface area (Å²) in [5.41, 5.74) is 9.44. The Bertz CT molecular complexity index is 1140. The lowest BCUT2D eigenvalue weighted by Gasteiger charge is -2.27. The Hall–Kier alpha value is -3.69. The molecule has 37 heavy (non-hydrogen) atoms. The van der Waals surface area contributed by atoms with E-state index < -0.39 is 6.04 Å². The number of H-pyrrole nitrogens is 1. The molecular formula is C31H36N4O2. The van der Waals surface area contributed by atoms with E-state index in [-0.39, 0.29) is 29.4 Å². The minimum atomic E-state index is -0.638. The second-order valence-corrected chi connectivity index (χ2v) is 9.82. The highest BCUT2D eigenvalue weighted by Crippen LogP contribution is 2.34. The summed E-state index contributed by atoms with van der Waals surface area (Å²) >= 11 is 0. The highest BCUT2D eigenvalue weighted by molar-refractivity contribution is 5.85. The molecule has 3 aromatic rings. The van der Waals surface area contributed by atoms with Crippen molar-refractivity contribution in [3.8, 4) is 11.8 Å². The van der Waals surface area contributed by atoms with Crippen molar-refractivity contribution in [2.75, 3.05) is 6.54 Å². The van der Waals surface area contributed by atoms with Gasteiger partial charge in [-0.05, 0) is 42.2 Å². The minimum absolute atomic E-state index is 0.0361. The van der Waals surface area contributed by atoms with Gasteiger partial charge in [0.2, 0.25) is 5.91 Å². The number of hydrogen-bond acceptors (Lipinski definition) is 4. The Balaban J connectivity index is 1.39. The first-order chi connectivity index (χ1) is 18.1. The number of aromatic amines is 1. The number of aromatic nitrogens is 2. The predicted molar refractivity (Wildman–Crippen MR) is 145 cm³/mol. The predicted octanol–water partition coefficient (Wildman–Crippen LogP) is 4.58. The van der Waals surface area contributed by atoms with E-state index >= 15 is 0 Å². The highest BCUT2D eigenvalue weighted by Gasteiger charge is 2.32. The Morgan fingerprint density at radius 3 is 2.32 bits per heavy atom. The zero-order valence-electron chi connectivity index (χ0n) is 21.2. The second-order valence-electron chi connectivity index (χ2n) is 9.82. The lowest BCUT2D eigenvalue weighted by atomic mass is 9.80. The molecule has 1 unspecified atom stereocenters. The van der Waals surface area contributed by atoms with Crippen LogP contribution in [0.5, 0.6) is 0 Å². The minimum Gasteiger partial charge on any atom is -0.345 e. The van der Waals surface area contributed by atoms with Crippen molar-refractivity contribution >= 4 is 11.7 Å². The van der Waals surface area contributed by atoms with Crippen LogP contribution >= 0.6 is 0 Å². The lowest BCUT2D eigenvalue weighted by molar-refractivity contribution is -0.127. The Morgan fingerprint density at radius 1 is 1.00 bits per heavy atom. The quantitative estimate of drug-likeness (QED) is 0.298. The van der Waals surface area contributed by atoms with Crippen LogP contribution in [0.15, 0.2) is 73.2 Å². The average Bonchev–Trinajstić information content (AvgIpc) is 3.34. The van der Waals surface area contributed by atoms with E-state index in [1.54, 1.807) is 12.5 Å². The van der Waals surface area contributed by atoms with E-state index in [1.165, 1.54) is 0 Å². The number of carbonyl (C=O) groups is 2. The Kier molecular flexibility index (Phi) is 9.67. The van der Waals surface area contributed by atoms with Gasteiger partial charge in [-0.15, -0.1) is 0 Å². The molecule has 6 nitrogen and oxygen atoms in total. The Morgan fingerprint density at radius 2 is 1.68 bits per heavy atom. The van der Waals surface area contributed by atoms with E-state index in [0.717, 1.165) is 48.9 Å². The molecule has 1 fully saturated rings. The number of hydrogen-bond donors (Lipinski definition) is 3. The molecule has 0 aliphatic heterocycles. The summed E-state index contributed by atoms with van der Waals surface area (Å²) in [5, 5.41) is 2.99. The molecule has 0 saturated heterocycles. The van der Waals surface area contributed by atoms with E-state index in [4.69, 9.17) is 5.73 Å². The molecule has 1 aliphatic carbocycles. The number of Topliss-reactive ketones (excluding diaryl/α,β-unsaturated/α-hetero) is 1. The molecule has 1 saturated carbocycles. The SMILES string of the molecule is N[C@@H](C(=O)CCC1CCCCC[C@H]1C(=O)NCC#Cc1cnc[nH]1)C(c1ccccc1)c1ccccc1. The van der Waals surface area contributed by atoms with Gasteiger partial charge in [0.05, 0.1) is 25.1 Å². The number of imidazole rings is 1. The number of nitrogens with two attached hydrogens (primary N) is 1. The maximum Gasteiger partial charge on any atom is 0.224 e. The van der Waals surface area contributed by atoms with Gasteiger partial charge in [0.25, 0.3) is 0 Å². The van der Waals surface area contributed by atoms with Crippen LogP contribution in [0.25, 0.3) is 0 Å². The van der Waals surface area contributed by atoms with Crippen LogP contribution < -0.4 is 11.1 Å². The molecule has 1 amide bonds. The first-order valence-electron chi connectivity index (χ1n) is 13.3. The van der Waals surface area contributed by atoms with Crippen LogP contribution in [0.2, 0.25) is 0 Å². The van der Waals surface area contributed by atoms with Gasteiger partial charge in [-0.3, -0.25) is 9.59 Å². The molecule has 0 radical (unpaired) electrons. The van der Waals surface area contributed by atoms with Crippen molar-refractivity contribution in [1.82, 2.24) is 15.3 Å². The number of nitrogens with zero attached hydrogens (tertiary/aromatic N) is 1. The van der Waals surface area contributed by atoms with Gasteiger partial charge in [0, 0.05) is 18.3 Å². The van der Waals surface area contributed by atoms with Crippen LogP contribution in [0.3, 0.4) is 0 Å². The van der Waals surface area contributed by atoms with Crippen molar-refractivity contribution in [3.05, 3.63) is 90.0 Å². The zero-order valence-corrected chi connectivity index (χ0v) is 21.2. The second kappa shape index (κ2) is 13.6. The van der Waals surface area contributed by atoms with Crippen molar-refractivity contribution in [1.29, 1.82) is 0 Å². The standard InChI is InChI=1S/C31H36N4O2/c32-30(29(24-12-5-1-6-13-24)25-14-7-2-8-15-25)28(36)19-18-23-11-4-3-9-17-27(23)31(37)34-20-10-16-26-21-33-22-35-26/h1-2,5-8,12-15,21-23,27,29-30H,3-4,9,11,17-20,32H2,(H,33,35)(H,34,37)/t23?,27-,30+/m1/s1. The number of benzene rings is 2. The number of nitrogens with one attached hydrogen (secondary N) is 2. The molecule has 2 aromatic carbocycles. The topological polar surface area (TPSA) is 101 Å². The zero-order chi connectivity index (χ0) is 25.9. The third kappa shape index (κ3) is 7.41. The smallest absolute Gasteiger partial charge is 0.224 e. The van der Waals surface area contributed by atoms with E-state index in [9.17, 15) is 9.59 Å².